The van der Waals surface area contributed by atoms with Crippen LogP contribution in [0, 0.1) is 0 Å². The van der Waals surface area contributed by atoms with Gasteiger partial charge in [-0.15, -0.1) is 5.10 Å². The van der Waals surface area contributed by atoms with Gasteiger partial charge in [0.1, 0.15) is 5.52 Å². The molecular formula is C10H14N4. The summed E-state index contributed by atoms with van der Waals surface area (Å²) in [5, 5.41) is 10.7. The van der Waals surface area contributed by atoms with E-state index in [9.17, 15) is 0 Å². The molecule has 14 heavy (non-hydrogen) atoms. The van der Waals surface area contributed by atoms with Gasteiger partial charge in [0, 0.05) is 0 Å². The number of aromatic nitrogens is 3. The van der Waals surface area contributed by atoms with Gasteiger partial charge in [-0.05, 0) is 24.0 Å². The third-order valence-electron chi connectivity index (χ3n) is 2.58. The summed E-state index contributed by atoms with van der Waals surface area (Å²) in [6.45, 7) is 4.21. The summed E-state index contributed by atoms with van der Waals surface area (Å²) in [5.74, 6) is 0. The summed E-state index contributed by atoms with van der Waals surface area (Å²) in [5.41, 5.74) is 10.9. The summed E-state index contributed by atoms with van der Waals surface area (Å²) >= 11 is 0. The third-order valence-corrected chi connectivity index (χ3v) is 2.58. The molecule has 1 aromatic carbocycles. The topological polar surface area (TPSA) is 67.6 Å². The third kappa shape index (κ3) is 1.14. The minimum Gasteiger partial charge on any atom is -0.397 e. The van der Waals surface area contributed by atoms with Crippen molar-refractivity contribution < 1.29 is 0 Å². The highest BCUT2D eigenvalue weighted by Gasteiger charge is 2.10. The Hall–Kier alpha value is -1.58. The van der Waals surface area contributed by atoms with Gasteiger partial charge in [-0.3, -0.25) is 5.10 Å². The van der Waals surface area contributed by atoms with Crippen molar-refractivity contribution in [3.05, 3.63) is 17.2 Å². The van der Waals surface area contributed by atoms with Gasteiger partial charge in [0.2, 0.25) is 0 Å². The first kappa shape index (κ1) is 8.99. The molecule has 2 aromatic rings. The predicted octanol–water partition coefficient (Wildman–Crippen LogP) is 1.66. The summed E-state index contributed by atoms with van der Waals surface area (Å²) in [6, 6.07) is 2.14. The van der Waals surface area contributed by atoms with Crippen LogP contribution in [0.4, 0.5) is 5.69 Å². The minimum atomic E-state index is 0.758. The molecular weight excluding hydrogens is 176 g/mol. The van der Waals surface area contributed by atoms with E-state index < -0.39 is 0 Å². The zero-order chi connectivity index (χ0) is 10.1. The highest BCUT2D eigenvalue weighted by molar-refractivity contribution is 5.90. The van der Waals surface area contributed by atoms with Crippen LogP contribution >= 0.6 is 0 Å². The number of hydrogen-bond donors (Lipinski definition) is 2. The smallest absolute Gasteiger partial charge is 0.136 e. The lowest BCUT2D eigenvalue weighted by Crippen LogP contribution is -1.97. The van der Waals surface area contributed by atoms with Gasteiger partial charge in [0.25, 0.3) is 0 Å². The van der Waals surface area contributed by atoms with Crippen LogP contribution in [0.1, 0.15) is 25.0 Å². The Morgan fingerprint density at radius 1 is 1.29 bits per heavy atom. The number of H-pyrrole nitrogens is 1. The number of benzene rings is 1. The van der Waals surface area contributed by atoms with Crippen molar-refractivity contribution in [3.8, 4) is 0 Å². The minimum absolute atomic E-state index is 0.758. The monoisotopic (exact) mass is 190 g/mol. The first-order valence-corrected chi connectivity index (χ1v) is 4.88. The van der Waals surface area contributed by atoms with Gasteiger partial charge in [0.05, 0.1) is 11.2 Å². The number of nitrogens with two attached hydrogens (primary N) is 1. The molecule has 0 aliphatic carbocycles. The van der Waals surface area contributed by atoms with Crippen LogP contribution in [0.2, 0.25) is 0 Å². The molecule has 74 valence electrons. The standard InChI is InChI=1S/C10H14N4/c1-3-6-5-7(4-2)9-10(8(6)11)13-14-12-9/h5H,3-4,11H2,1-2H3,(H,12,13,14). The molecule has 4 heteroatoms. The number of nitrogen functional groups attached to an aromatic ring is 1. The fourth-order valence-corrected chi connectivity index (χ4v) is 1.72. The van der Waals surface area contributed by atoms with Gasteiger partial charge in [-0.2, -0.15) is 0 Å². The lowest BCUT2D eigenvalue weighted by atomic mass is 10.0. The van der Waals surface area contributed by atoms with Gasteiger partial charge < -0.3 is 5.73 Å². The maximum atomic E-state index is 5.98. The zero-order valence-electron chi connectivity index (χ0n) is 8.46. The van der Waals surface area contributed by atoms with Gasteiger partial charge in [-0.1, -0.05) is 25.1 Å². The SMILES string of the molecule is CCc1cc(CC)c2[nH]nnc2c1N. The number of fused-ring (bicyclic) bond motifs is 1. The van der Waals surface area contributed by atoms with Crippen LogP contribution in [0.25, 0.3) is 11.0 Å². The summed E-state index contributed by atoms with van der Waals surface area (Å²) < 4.78 is 0. The number of nitrogens with zero attached hydrogens (tertiary/aromatic N) is 2. The Bertz CT molecular complexity index is 458. The summed E-state index contributed by atoms with van der Waals surface area (Å²) in [4.78, 5) is 0. The maximum Gasteiger partial charge on any atom is 0.136 e. The molecule has 0 aliphatic rings. The van der Waals surface area contributed by atoms with Crippen molar-refractivity contribution in [1.82, 2.24) is 15.4 Å². The van der Waals surface area contributed by atoms with E-state index in [1.54, 1.807) is 0 Å². The van der Waals surface area contributed by atoms with E-state index in [0.29, 0.717) is 0 Å². The van der Waals surface area contributed by atoms with E-state index in [4.69, 9.17) is 5.73 Å². The van der Waals surface area contributed by atoms with Gasteiger partial charge in [0.15, 0.2) is 0 Å². The Morgan fingerprint density at radius 2 is 2.00 bits per heavy atom. The highest BCUT2D eigenvalue weighted by Crippen LogP contribution is 2.25. The number of rotatable bonds is 2. The van der Waals surface area contributed by atoms with Crippen molar-refractivity contribution in [2.45, 2.75) is 26.7 Å². The lowest BCUT2D eigenvalue weighted by molar-refractivity contribution is 0.956. The van der Waals surface area contributed by atoms with Crippen molar-refractivity contribution in [2.24, 2.45) is 0 Å². The molecule has 0 spiro atoms. The molecule has 0 aliphatic heterocycles. The van der Waals surface area contributed by atoms with Crippen molar-refractivity contribution in [1.29, 1.82) is 0 Å². The molecule has 0 amide bonds. The van der Waals surface area contributed by atoms with Crippen molar-refractivity contribution in [3.63, 3.8) is 0 Å². The molecule has 0 atom stereocenters. The summed E-state index contributed by atoms with van der Waals surface area (Å²) in [6.07, 6.45) is 1.90. The molecule has 0 radical (unpaired) electrons. The molecule has 1 heterocycles. The number of aromatic amines is 1. The van der Waals surface area contributed by atoms with Crippen LogP contribution in [-0.4, -0.2) is 15.4 Å². The highest BCUT2D eigenvalue weighted by atomic mass is 15.3. The van der Waals surface area contributed by atoms with Gasteiger partial charge in [-0.25, -0.2) is 0 Å². The number of hydrogen-bond acceptors (Lipinski definition) is 3. The van der Waals surface area contributed by atoms with E-state index in [1.807, 2.05) is 0 Å². The van der Waals surface area contributed by atoms with E-state index >= 15 is 0 Å². The number of nitrogens with one attached hydrogen (secondary N) is 1. The van der Waals surface area contributed by atoms with E-state index in [0.717, 1.165) is 35.1 Å². The zero-order valence-corrected chi connectivity index (χ0v) is 8.46. The van der Waals surface area contributed by atoms with E-state index in [2.05, 4.69) is 35.3 Å². The molecule has 0 unspecified atom stereocenters. The number of anilines is 1. The van der Waals surface area contributed by atoms with Gasteiger partial charge >= 0.3 is 0 Å². The largest absolute Gasteiger partial charge is 0.397 e. The molecule has 2 rings (SSSR count). The first-order chi connectivity index (χ1) is 6.77. The second-order valence-corrected chi connectivity index (χ2v) is 3.35. The normalized spacial score (nSPS) is 11.0. The fraction of sp³-hybridized carbons (Fsp3) is 0.400. The molecule has 0 bridgehead atoms. The summed E-state index contributed by atoms with van der Waals surface area (Å²) in [7, 11) is 0. The van der Waals surface area contributed by atoms with E-state index in [-0.39, 0.29) is 0 Å². The van der Waals surface area contributed by atoms with Crippen LogP contribution < -0.4 is 5.73 Å². The predicted molar refractivity (Wildman–Crippen MR) is 57.1 cm³/mol. The molecule has 1 aromatic heterocycles. The van der Waals surface area contributed by atoms with Crippen molar-refractivity contribution >= 4 is 16.7 Å². The van der Waals surface area contributed by atoms with Crippen LogP contribution in [0.15, 0.2) is 6.07 Å². The fourth-order valence-electron chi connectivity index (χ4n) is 1.72. The Morgan fingerprint density at radius 3 is 2.64 bits per heavy atom. The lowest BCUT2D eigenvalue weighted by Gasteiger charge is -2.06. The Kier molecular flexibility index (Phi) is 2.11. The Labute approximate surface area is 82.5 Å². The molecule has 0 saturated carbocycles. The van der Waals surface area contributed by atoms with Crippen LogP contribution in [0.3, 0.4) is 0 Å². The molecule has 0 fully saturated rings. The first-order valence-electron chi connectivity index (χ1n) is 4.88. The average molecular weight is 190 g/mol. The molecule has 3 N–H and O–H groups in total. The van der Waals surface area contributed by atoms with Crippen LogP contribution in [-0.2, 0) is 12.8 Å². The van der Waals surface area contributed by atoms with E-state index in [1.165, 1.54) is 5.56 Å². The second kappa shape index (κ2) is 3.29. The molecule has 0 saturated heterocycles. The van der Waals surface area contributed by atoms with Crippen molar-refractivity contribution in [2.75, 3.05) is 5.73 Å². The quantitative estimate of drug-likeness (QED) is 0.708. The second-order valence-electron chi connectivity index (χ2n) is 3.35. The number of aryl methyl sites for hydroxylation is 2. The molecule has 4 nitrogen and oxygen atoms in total. The maximum absolute atomic E-state index is 5.98. The van der Waals surface area contributed by atoms with Crippen LogP contribution in [0.5, 0.6) is 0 Å². The Balaban J connectivity index is 2.80. The average Bonchev–Trinajstić information content (AvgIpc) is 2.68.